The van der Waals surface area contributed by atoms with E-state index >= 15 is 0 Å². The molecule has 2 heterocycles. The number of hydrogen-bond donors (Lipinski definition) is 1. The Morgan fingerprint density at radius 3 is 2.52 bits per heavy atom. The molecular formula is C26H36N4O. The molecule has 31 heavy (non-hydrogen) atoms. The van der Waals surface area contributed by atoms with E-state index in [1.807, 2.05) is 12.3 Å². The molecule has 5 nitrogen and oxygen atoms in total. The molecule has 1 N–H and O–H groups in total. The SMILES string of the molecule is CCN(CC)CCCCNC(=O)Cc1c(-c2ccc(C)c(C)c2)nc2c(C)cccn12. The van der Waals surface area contributed by atoms with Crippen LogP contribution in [0.25, 0.3) is 16.9 Å². The topological polar surface area (TPSA) is 49.6 Å². The van der Waals surface area contributed by atoms with Gasteiger partial charge in [0.15, 0.2) is 0 Å². The molecule has 1 amide bonds. The zero-order valence-corrected chi connectivity index (χ0v) is 19.7. The first kappa shape index (κ1) is 23.0. The number of aryl methyl sites for hydroxylation is 3. The van der Waals surface area contributed by atoms with Crippen molar-refractivity contribution in [1.29, 1.82) is 0 Å². The molecule has 0 aliphatic heterocycles. The molecule has 0 unspecified atom stereocenters. The molecule has 0 bridgehead atoms. The second-order valence-corrected chi connectivity index (χ2v) is 8.35. The predicted molar refractivity (Wildman–Crippen MR) is 129 cm³/mol. The molecule has 1 aromatic carbocycles. The molecule has 0 radical (unpaired) electrons. The van der Waals surface area contributed by atoms with Crippen LogP contribution in [0.3, 0.4) is 0 Å². The van der Waals surface area contributed by atoms with Gasteiger partial charge in [0.1, 0.15) is 5.65 Å². The molecule has 0 saturated carbocycles. The van der Waals surface area contributed by atoms with Crippen molar-refractivity contribution in [2.45, 2.75) is 53.9 Å². The lowest BCUT2D eigenvalue weighted by atomic mass is 10.0. The lowest BCUT2D eigenvalue weighted by molar-refractivity contribution is -0.120. The number of aromatic nitrogens is 2. The van der Waals surface area contributed by atoms with E-state index in [2.05, 4.69) is 73.5 Å². The van der Waals surface area contributed by atoms with Crippen LogP contribution < -0.4 is 5.32 Å². The highest BCUT2D eigenvalue weighted by molar-refractivity contribution is 5.82. The summed E-state index contributed by atoms with van der Waals surface area (Å²) < 4.78 is 2.07. The van der Waals surface area contributed by atoms with Crippen molar-refractivity contribution in [3.63, 3.8) is 0 Å². The van der Waals surface area contributed by atoms with Gasteiger partial charge in [-0.3, -0.25) is 4.79 Å². The summed E-state index contributed by atoms with van der Waals surface area (Å²) >= 11 is 0. The summed E-state index contributed by atoms with van der Waals surface area (Å²) in [5.74, 6) is 0.0521. The zero-order valence-electron chi connectivity index (χ0n) is 19.7. The predicted octanol–water partition coefficient (Wildman–Crippen LogP) is 4.71. The van der Waals surface area contributed by atoms with Crippen LogP contribution in [0.2, 0.25) is 0 Å². The lowest BCUT2D eigenvalue weighted by Crippen LogP contribution is -2.28. The summed E-state index contributed by atoms with van der Waals surface area (Å²) in [4.78, 5) is 20.1. The van der Waals surface area contributed by atoms with Crippen molar-refractivity contribution in [1.82, 2.24) is 19.6 Å². The maximum atomic E-state index is 12.8. The number of unbranched alkanes of at least 4 members (excludes halogenated alkanes) is 1. The molecule has 0 fully saturated rings. The van der Waals surface area contributed by atoms with Crippen LogP contribution in [-0.4, -0.2) is 46.4 Å². The first-order valence-electron chi connectivity index (χ1n) is 11.5. The number of nitrogens with zero attached hydrogens (tertiary/aromatic N) is 3. The molecule has 0 spiro atoms. The first-order chi connectivity index (χ1) is 14.9. The molecule has 3 rings (SSSR count). The number of carbonyl (C=O) groups excluding carboxylic acids is 1. The van der Waals surface area contributed by atoms with E-state index in [0.717, 1.165) is 67.2 Å². The van der Waals surface area contributed by atoms with Crippen molar-refractivity contribution in [3.05, 3.63) is 58.9 Å². The van der Waals surface area contributed by atoms with E-state index in [1.165, 1.54) is 11.1 Å². The lowest BCUT2D eigenvalue weighted by Gasteiger charge is -2.17. The number of hydrogen-bond acceptors (Lipinski definition) is 3. The van der Waals surface area contributed by atoms with Crippen LogP contribution in [0.4, 0.5) is 0 Å². The van der Waals surface area contributed by atoms with E-state index in [4.69, 9.17) is 4.98 Å². The quantitative estimate of drug-likeness (QED) is 0.483. The van der Waals surface area contributed by atoms with Gasteiger partial charge in [-0.15, -0.1) is 0 Å². The monoisotopic (exact) mass is 420 g/mol. The smallest absolute Gasteiger partial charge is 0.226 e. The summed E-state index contributed by atoms with van der Waals surface area (Å²) in [5.41, 5.74) is 7.42. The molecule has 0 aliphatic rings. The molecular weight excluding hydrogens is 384 g/mol. The van der Waals surface area contributed by atoms with Crippen LogP contribution >= 0.6 is 0 Å². The number of benzene rings is 1. The molecule has 2 aromatic heterocycles. The van der Waals surface area contributed by atoms with Crippen LogP contribution in [0, 0.1) is 20.8 Å². The molecule has 0 saturated heterocycles. The number of carbonyl (C=O) groups is 1. The number of rotatable bonds is 10. The van der Waals surface area contributed by atoms with Gasteiger partial charge in [-0.1, -0.05) is 32.0 Å². The van der Waals surface area contributed by atoms with Crippen molar-refractivity contribution in [2.75, 3.05) is 26.2 Å². The molecule has 5 heteroatoms. The highest BCUT2D eigenvalue weighted by Gasteiger charge is 2.18. The standard InChI is InChI=1S/C26H36N4O/c1-6-29(7-2)15-9-8-14-27-24(31)18-23-25(22-13-12-19(3)21(5)17-22)28-26-20(4)11-10-16-30(23)26/h10-13,16-17H,6-9,14-15,18H2,1-5H3,(H,27,31). The summed E-state index contributed by atoms with van der Waals surface area (Å²) in [7, 11) is 0. The summed E-state index contributed by atoms with van der Waals surface area (Å²) in [6, 6.07) is 10.5. The van der Waals surface area contributed by atoms with Gasteiger partial charge in [0.25, 0.3) is 0 Å². The Hall–Kier alpha value is -2.66. The van der Waals surface area contributed by atoms with E-state index in [9.17, 15) is 4.79 Å². The Balaban J connectivity index is 1.75. The number of pyridine rings is 1. The van der Waals surface area contributed by atoms with Gasteiger partial charge in [-0.05, 0) is 82.1 Å². The van der Waals surface area contributed by atoms with E-state index in [0.29, 0.717) is 6.42 Å². The average molecular weight is 421 g/mol. The molecule has 3 aromatic rings. The Labute approximate surface area is 186 Å². The van der Waals surface area contributed by atoms with Crippen molar-refractivity contribution < 1.29 is 4.79 Å². The first-order valence-corrected chi connectivity index (χ1v) is 11.5. The minimum absolute atomic E-state index is 0.0521. The van der Waals surface area contributed by atoms with Gasteiger partial charge in [-0.2, -0.15) is 0 Å². The van der Waals surface area contributed by atoms with Crippen molar-refractivity contribution >= 4 is 11.6 Å². The van der Waals surface area contributed by atoms with E-state index < -0.39 is 0 Å². The van der Waals surface area contributed by atoms with Gasteiger partial charge < -0.3 is 14.6 Å². The average Bonchev–Trinajstić information content (AvgIpc) is 3.12. The van der Waals surface area contributed by atoms with Gasteiger partial charge in [-0.25, -0.2) is 4.98 Å². The minimum Gasteiger partial charge on any atom is -0.356 e. The molecule has 0 atom stereocenters. The second kappa shape index (κ2) is 10.6. The van der Waals surface area contributed by atoms with Crippen LogP contribution in [0.5, 0.6) is 0 Å². The summed E-state index contributed by atoms with van der Waals surface area (Å²) in [6.07, 6.45) is 4.43. The zero-order chi connectivity index (χ0) is 22.4. The van der Waals surface area contributed by atoms with Gasteiger partial charge in [0.05, 0.1) is 17.8 Å². The largest absolute Gasteiger partial charge is 0.356 e. The number of fused-ring (bicyclic) bond motifs is 1. The number of nitrogens with one attached hydrogen (secondary N) is 1. The molecule has 166 valence electrons. The maximum absolute atomic E-state index is 12.8. The van der Waals surface area contributed by atoms with Gasteiger partial charge in [0.2, 0.25) is 5.91 Å². The second-order valence-electron chi connectivity index (χ2n) is 8.35. The van der Waals surface area contributed by atoms with Crippen LogP contribution in [0.1, 0.15) is 49.1 Å². The fraction of sp³-hybridized carbons (Fsp3) is 0.462. The normalized spacial score (nSPS) is 11.4. The minimum atomic E-state index is 0.0521. The summed E-state index contributed by atoms with van der Waals surface area (Å²) in [6.45, 7) is 14.6. The highest BCUT2D eigenvalue weighted by Crippen LogP contribution is 2.27. The number of amides is 1. The fourth-order valence-corrected chi connectivity index (χ4v) is 3.98. The Bertz CT molecular complexity index is 1030. The third-order valence-corrected chi connectivity index (χ3v) is 6.17. The molecule has 0 aliphatic carbocycles. The number of imidazole rings is 1. The Kier molecular flexibility index (Phi) is 7.85. The van der Waals surface area contributed by atoms with E-state index in [-0.39, 0.29) is 5.91 Å². The van der Waals surface area contributed by atoms with E-state index in [1.54, 1.807) is 0 Å². The Morgan fingerprint density at radius 2 is 1.81 bits per heavy atom. The van der Waals surface area contributed by atoms with Crippen LogP contribution in [-0.2, 0) is 11.2 Å². The van der Waals surface area contributed by atoms with Crippen LogP contribution in [0.15, 0.2) is 36.5 Å². The maximum Gasteiger partial charge on any atom is 0.226 e. The van der Waals surface area contributed by atoms with Crippen molar-refractivity contribution in [2.24, 2.45) is 0 Å². The van der Waals surface area contributed by atoms with Gasteiger partial charge >= 0.3 is 0 Å². The highest BCUT2D eigenvalue weighted by atomic mass is 16.1. The third-order valence-electron chi connectivity index (χ3n) is 6.17. The third kappa shape index (κ3) is 5.53. The fourth-order valence-electron chi connectivity index (χ4n) is 3.98. The van der Waals surface area contributed by atoms with Gasteiger partial charge in [0, 0.05) is 18.3 Å². The summed E-state index contributed by atoms with van der Waals surface area (Å²) in [5, 5.41) is 3.11. The Morgan fingerprint density at radius 1 is 1.03 bits per heavy atom. The van der Waals surface area contributed by atoms with Crippen molar-refractivity contribution in [3.8, 4) is 11.3 Å².